The summed E-state index contributed by atoms with van der Waals surface area (Å²) in [5, 5.41) is 3.58. The molecule has 0 spiro atoms. The van der Waals surface area contributed by atoms with Crippen molar-refractivity contribution in [3.63, 3.8) is 0 Å². The highest BCUT2D eigenvalue weighted by molar-refractivity contribution is 7.17. The minimum Gasteiger partial charge on any atom is -0.469 e. The lowest BCUT2D eigenvalue weighted by molar-refractivity contribution is -0.897. The van der Waals surface area contributed by atoms with Crippen LogP contribution < -0.4 is 10.2 Å². The quantitative estimate of drug-likeness (QED) is 0.564. The minimum absolute atomic E-state index is 0.0595. The van der Waals surface area contributed by atoms with Crippen LogP contribution in [0.25, 0.3) is 0 Å². The van der Waals surface area contributed by atoms with Gasteiger partial charge in [0.2, 0.25) is 0 Å². The van der Waals surface area contributed by atoms with Crippen molar-refractivity contribution >= 4 is 34.2 Å². The average molecular weight is 410 g/mol. The maximum atomic E-state index is 12.6. The van der Waals surface area contributed by atoms with E-state index in [1.807, 2.05) is 0 Å². The molecule has 0 bridgehead atoms. The number of carbonyl (C=O) groups is 3. The smallest absolute Gasteiger partial charge is 0.341 e. The van der Waals surface area contributed by atoms with Crippen LogP contribution >= 0.6 is 11.3 Å². The van der Waals surface area contributed by atoms with Crippen LogP contribution in [-0.4, -0.2) is 51.7 Å². The SMILES string of the molecule is COC(=O)c1c(NC(=O)C[NH+]2CCC(C(=O)OC)CC2)sc2c1CCCCC2. The van der Waals surface area contributed by atoms with E-state index >= 15 is 0 Å². The first-order chi connectivity index (χ1) is 13.5. The Bertz CT molecular complexity index is 737. The van der Waals surface area contributed by atoms with Gasteiger partial charge in [0.1, 0.15) is 5.00 Å². The Morgan fingerprint density at radius 2 is 1.79 bits per heavy atom. The molecule has 0 atom stereocenters. The van der Waals surface area contributed by atoms with Crippen molar-refractivity contribution in [2.24, 2.45) is 5.92 Å². The molecular weight excluding hydrogens is 380 g/mol. The van der Waals surface area contributed by atoms with Crippen molar-refractivity contribution in [2.45, 2.75) is 44.9 Å². The van der Waals surface area contributed by atoms with E-state index in [2.05, 4.69) is 5.32 Å². The Morgan fingerprint density at radius 1 is 1.07 bits per heavy atom. The summed E-state index contributed by atoms with van der Waals surface area (Å²) in [7, 11) is 2.79. The Balaban J connectivity index is 1.64. The fourth-order valence-electron chi connectivity index (χ4n) is 4.15. The third-order valence-corrected chi connectivity index (χ3v) is 6.91. The second-order valence-electron chi connectivity index (χ2n) is 7.53. The number of carbonyl (C=O) groups excluding carboxylic acids is 3. The lowest BCUT2D eigenvalue weighted by atomic mass is 9.97. The third kappa shape index (κ3) is 4.72. The van der Waals surface area contributed by atoms with Gasteiger partial charge in [-0.15, -0.1) is 11.3 Å². The number of aryl methyl sites for hydroxylation is 1. The summed E-state index contributed by atoms with van der Waals surface area (Å²) in [6.07, 6.45) is 6.60. The lowest BCUT2D eigenvalue weighted by Gasteiger charge is -2.27. The molecule has 1 fully saturated rings. The van der Waals surface area contributed by atoms with E-state index in [1.165, 1.54) is 30.4 Å². The fraction of sp³-hybridized carbons (Fsp3) is 0.650. The Hall–Kier alpha value is -1.93. The van der Waals surface area contributed by atoms with Gasteiger partial charge < -0.3 is 19.7 Å². The van der Waals surface area contributed by atoms with E-state index in [-0.39, 0.29) is 23.8 Å². The fourth-order valence-corrected chi connectivity index (χ4v) is 5.45. The number of anilines is 1. The molecule has 2 N–H and O–H groups in total. The van der Waals surface area contributed by atoms with Crippen LogP contribution in [-0.2, 0) is 31.9 Å². The third-order valence-electron chi connectivity index (χ3n) is 5.70. The van der Waals surface area contributed by atoms with Crippen LogP contribution in [0.15, 0.2) is 0 Å². The number of rotatable bonds is 5. The number of likely N-dealkylation sites (tertiary alicyclic amines) is 1. The van der Waals surface area contributed by atoms with Crippen molar-refractivity contribution in [1.82, 2.24) is 0 Å². The van der Waals surface area contributed by atoms with Gasteiger partial charge in [-0.3, -0.25) is 9.59 Å². The van der Waals surface area contributed by atoms with Crippen LogP contribution in [0.2, 0.25) is 0 Å². The maximum absolute atomic E-state index is 12.6. The van der Waals surface area contributed by atoms with Gasteiger partial charge in [0.15, 0.2) is 6.54 Å². The number of fused-ring (bicyclic) bond motifs is 1. The molecule has 0 saturated carbocycles. The lowest BCUT2D eigenvalue weighted by Crippen LogP contribution is -3.14. The molecule has 8 heteroatoms. The Morgan fingerprint density at radius 3 is 2.46 bits per heavy atom. The summed E-state index contributed by atoms with van der Waals surface area (Å²) in [6.45, 7) is 1.85. The van der Waals surface area contributed by atoms with Crippen LogP contribution in [0.3, 0.4) is 0 Å². The van der Waals surface area contributed by atoms with Gasteiger partial charge in [-0.2, -0.15) is 0 Å². The molecular formula is C20H29N2O5S+. The normalized spacial score (nSPS) is 21.9. The van der Waals surface area contributed by atoms with Gasteiger partial charge >= 0.3 is 11.9 Å². The highest BCUT2D eigenvalue weighted by Gasteiger charge is 2.30. The molecule has 1 saturated heterocycles. The molecule has 1 amide bonds. The molecule has 1 aromatic heterocycles. The number of quaternary nitrogens is 1. The zero-order valence-electron chi connectivity index (χ0n) is 16.6. The van der Waals surface area contributed by atoms with Crippen LogP contribution in [0.4, 0.5) is 5.00 Å². The van der Waals surface area contributed by atoms with Gasteiger partial charge in [-0.05, 0) is 31.2 Å². The summed E-state index contributed by atoms with van der Waals surface area (Å²) < 4.78 is 9.80. The molecule has 1 aliphatic heterocycles. The van der Waals surface area contributed by atoms with Crippen molar-refractivity contribution in [2.75, 3.05) is 39.2 Å². The topological polar surface area (TPSA) is 86.1 Å². The second-order valence-corrected chi connectivity index (χ2v) is 8.64. The summed E-state index contributed by atoms with van der Waals surface area (Å²) in [4.78, 5) is 39.0. The Kier molecular flexibility index (Phi) is 7.07. The number of ether oxygens (including phenoxy) is 2. The number of methoxy groups -OCH3 is 2. The zero-order chi connectivity index (χ0) is 20.1. The zero-order valence-corrected chi connectivity index (χ0v) is 17.4. The van der Waals surface area contributed by atoms with Gasteiger partial charge in [0.05, 0.1) is 38.8 Å². The molecule has 2 heterocycles. The van der Waals surface area contributed by atoms with Gasteiger partial charge in [-0.25, -0.2) is 4.79 Å². The summed E-state index contributed by atoms with van der Waals surface area (Å²) in [5.41, 5.74) is 1.59. The van der Waals surface area contributed by atoms with Gasteiger partial charge in [0.25, 0.3) is 5.91 Å². The summed E-state index contributed by atoms with van der Waals surface area (Å²) in [6, 6.07) is 0. The van der Waals surface area contributed by atoms with Crippen LogP contribution in [0.1, 0.15) is 52.9 Å². The first kappa shape index (κ1) is 20.8. The van der Waals surface area contributed by atoms with E-state index in [0.717, 1.165) is 68.5 Å². The number of esters is 2. The Labute approximate surface area is 169 Å². The first-order valence-corrected chi connectivity index (χ1v) is 10.8. The first-order valence-electron chi connectivity index (χ1n) is 9.97. The molecule has 1 aliphatic carbocycles. The second kappa shape index (κ2) is 9.52. The maximum Gasteiger partial charge on any atom is 0.341 e. The van der Waals surface area contributed by atoms with Crippen LogP contribution in [0, 0.1) is 5.92 Å². The number of piperidine rings is 1. The van der Waals surface area contributed by atoms with Gasteiger partial charge in [0, 0.05) is 17.7 Å². The van der Waals surface area contributed by atoms with E-state index < -0.39 is 0 Å². The van der Waals surface area contributed by atoms with Crippen LogP contribution in [0.5, 0.6) is 0 Å². The van der Waals surface area contributed by atoms with Gasteiger partial charge in [-0.1, -0.05) is 6.42 Å². The molecule has 2 aliphatic rings. The van der Waals surface area contributed by atoms with Crippen molar-refractivity contribution in [3.05, 3.63) is 16.0 Å². The molecule has 1 aromatic rings. The number of amides is 1. The van der Waals surface area contributed by atoms with Crippen molar-refractivity contribution in [3.8, 4) is 0 Å². The van der Waals surface area contributed by atoms with Crippen molar-refractivity contribution in [1.29, 1.82) is 0 Å². The average Bonchev–Trinajstić information content (AvgIpc) is 2.87. The molecule has 28 heavy (non-hydrogen) atoms. The molecule has 3 rings (SSSR count). The monoisotopic (exact) mass is 409 g/mol. The van der Waals surface area contributed by atoms with E-state index in [9.17, 15) is 14.4 Å². The summed E-state index contributed by atoms with van der Waals surface area (Å²) >= 11 is 1.51. The molecule has 7 nitrogen and oxygen atoms in total. The van der Waals surface area contributed by atoms with E-state index in [4.69, 9.17) is 9.47 Å². The number of hydrogen-bond acceptors (Lipinski definition) is 6. The molecule has 0 aromatic carbocycles. The molecule has 0 radical (unpaired) electrons. The standard InChI is InChI=1S/C20H28N2O5S/c1-26-19(24)13-8-10-22(11-9-13)12-16(23)21-18-17(20(25)27-2)14-6-4-3-5-7-15(14)28-18/h13H,3-12H2,1-2H3,(H,21,23)/p+1. The van der Waals surface area contributed by atoms with E-state index in [0.29, 0.717) is 17.1 Å². The predicted octanol–water partition coefficient (Wildman–Crippen LogP) is 1.21. The highest BCUT2D eigenvalue weighted by Crippen LogP contribution is 2.37. The number of hydrogen-bond donors (Lipinski definition) is 2. The summed E-state index contributed by atoms with van der Waals surface area (Å²) in [5.74, 6) is -0.698. The predicted molar refractivity (Wildman–Crippen MR) is 106 cm³/mol. The number of thiophene rings is 1. The molecule has 0 unspecified atom stereocenters. The largest absolute Gasteiger partial charge is 0.469 e. The minimum atomic E-state index is -0.374. The molecule has 154 valence electrons. The number of nitrogens with one attached hydrogen (secondary N) is 2. The highest BCUT2D eigenvalue weighted by atomic mass is 32.1. The van der Waals surface area contributed by atoms with Crippen molar-refractivity contribution < 1.29 is 28.8 Å². The van der Waals surface area contributed by atoms with E-state index in [1.54, 1.807) is 0 Å².